The van der Waals surface area contributed by atoms with Gasteiger partial charge in [0.1, 0.15) is 13.2 Å². The van der Waals surface area contributed by atoms with Crippen LogP contribution in [-0.4, -0.2) is 58.2 Å². The maximum atomic E-state index is 12.2. The quantitative estimate of drug-likeness (QED) is 0.634. The van der Waals surface area contributed by atoms with E-state index in [-0.39, 0.29) is 23.7 Å². The SMILES string of the molecule is COCC1(CNC(=O)CCSc2ccc3c(c2)OCCO3)CCNCC1.Cl. The number of piperidine rings is 1. The van der Waals surface area contributed by atoms with Crippen LogP contribution in [0.2, 0.25) is 0 Å². The van der Waals surface area contributed by atoms with E-state index in [1.807, 2.05) is 18.2 Å². The molecule has 2 aliphatic heterocycles. The molecule has 152 valence electrons. The van der Waals surface area contributed by atoms with Crippen LogP contribution in [0.15, 0.2) is 23.1 Å². The van der Waals surface area contributed by atoms with Crippen molar-refractivity contribution in [3.8, 4) is 11.5 Å². The highest BCUT2D eigenvalue weighted by Crippen LogP contribution is 2.34. The summed E-state index contributed by atoms with van der Waals surface area (Å²) < 4.78 is 16.5. The summed E-state index contributed by atoms with van der Waals surface area (Å²) in [5.74, 6) is 2.43. The lowest BCUT2D eigenvalue weighted by Gasteiger charge is -2.37. The first-order valence-corrected chi connectivity index (χ1v) is 10.2. The molecule has 0 aliphatic carbocycles. The molecule has 0 spiro atoms. The molecule has 8 heteroatoms. The van der Waals surface area contributed by atoms with Gasteiger partial charge in [-0.1, -0.05) is 0 Å². The molecule has 1 aromatic carbocycles. The van der Waals surface area contributed by atoms with Gasteiger partial charge in [-0.2, -0.15) is 0 Å². The van der Waals surface area contributed by atoms with Crippen LogP contribution < -0.4 is 20.1 Å². The largest absolute Gasteiger partial charge is 0.486 e. The van der Waals surface area contributed by atoms with Gasteiger partial charge in [-0.25, -0.2) is 0 Å². The predicted octanol–water partition coefficient (Wildman–Crippen LogP) is 2.49. The zero-order valence-corrected chi connectivity index (χ0v) is 17.4. The van der Waals surface area contributed by atoms with E-state index in [0.29, 0.717) is 32.8 Å². The molecule has 3 rings (SSSR count). The number of carbonyl (C=O) groups is 1. The van der Waals surface area contributed by atoms with Crippen molar-refractivity contribution in [1.29, 1.82) is 0 Å². The molecule has 0 unspecified atom stereocenters. The van der Waals surface area contributed by atoms with Gasteiger partial charge in [0.2, 0.25) is 5.91 Å². The molecule has 2 heterocycles. The van der Waals surface area contributed by atoms with Crippen LogP contribution in [0, 0.1) is 5.41 Å². The third-order valence-electron chi connectivity index (χ3n) is 4.89. The first kappa shape index (κ1) is 22.1. The molecule has 6 nitrogen and oxygen atoms in total. The molecule has 27 heavy (non-hydrogen) atoms. The van der Waals surface area contributed by atoms with E-state index in [1.54, 1.807) is 18.9 Å². The molecule has 0 bridgehead atoms. The minimum atomic E-state index is 0. The molecule has 1 saturated heterocycles. The van der Waals surface area contributed by atoms with Gasteiger partial charge in [0.15, 0.2) is 11.5 Å². The number of fused-ring (bicyclic) bond motifs is 1. The second-order valence-corrected chi connectivity index (χ2v) is 8.03. The Balaban J connectivity index is 0.00000261. The van der Waals surface area contributed by atoms with Crippen LogP contribution in [0.3, 0.4) is 0 Å². The van der Waals surface area contributed by atoms with Crippen molar-refractivity contribution in [3.63, 3.8) is 0 Å². The number of nitrogens with one attached hydrogen (secondary N) is 2. The molecular weight excluding hydrogens is 388 g/mol. The van der Waals surface area contributed by atoms with Crippen molar-refractivity contribution < 1.29 is 19.0 Å². The van der Waals surface area contributed by atoms with E-state index in [0.717, 1.165) is 48.1 Å². The highest BCUT2D eigenvalue weighted by molar-refractivity contribution is 7.99. The minimum absolute atomic E-state index is 0. The zero-order chi connectivity index (χ0) is 18.2. The van der Waals surface area contributed by atoms with Crippen LogP contribution in [-0.2, 0) is 9.53 Å². The van der Waals surface area contributed by atoms with Crippen molar-refractivity contribution >= 4 is 30.1 Å². The van der Waals surface area contributed by atoms with Crippen LogP contribution in [0.25, 0.3) is 0 Å². The molecule has 0 radical (unpaired) electrons. The van der Waals surface area contributed by atoms with E-state index in [4.69, 9.17) is 14.2 Å². The van der Waals surface area contributed by atoms with Crippen molar-refractivity contribution in [2.45, 2.75) is 24.2 Å². The Bertz CT molecular complexity index is 606. The molecule has 0 saturated carbocycles. The molecular formula is C19H29ClN2O4S. The number of benzene rings is 1. The van der Waals surface area contributed by atoms with Gasteiger partial charge in [-0.15, -0.1) is 24.2 Å². The molecule has 1 aromatic rings. The molecule has 1 amide bonds. The fraction of sp³-hybridized carbons (Fsp3) is 0.632. The summed E-state index contributed by atoms with van der Waals surface area (Å²) in [6, 6.07) is 5.93. The first-order valence-electron chi connectivity index (χ1n) is 9.20. The summed E-state index contributed by atoms with van der Waals surface area (Å²) in [7, 11) is 1.73. The van der Waals surface area contributed by atoms with E-state index in [1.165, 1.54) is 0 Å². The topological polar surface area (TPSA) is 68.8 Å². The highest BCUT2D eigenvalue weighted by atomic mass is 35.5. The normalized spacial score (nSPS) is 17.7. The smallest absolute Gasteiger partial charge is 0.220 e. The standard InChI is InChI=1S/C19H28N2O4S.ClH/c1-23-14-19(5-7-20-8-6-19)13-21-18(22)4-11-26-15-2-3-16-17(12-15)25-10-9-24-16;/h2-3,12,20H,4-11,13-14H2,1H3,(H,21,22);1H. The van der Waals surface area contributed by atoms with Crippen LogP contribution in [0.1, 0.15) is 19.3 Å². The minimum Gasteiger partial charge on any atom is -0.486 e. The van der Waals surface area contributed by atoms with Crippen LogP contribution >= 0.6 is 24.2 Å². The number of hydrogen-bond acceptors (Lipinski definition) is 6. The monoisotopic (exact) mass is 416 g/mol. The maximum absolute atomic E-state index is 12.2. The number of amides is 1. The van der Waals surface area contributed by atoms with Gasteiger partial charge < -0.3 is 24.8 Å². The summed E-state index contributed by atoms with van der Waals surface area (Å²) in [6.45, 7) is 4.54. The summed E-state index contributed by atoms with van der Waals surface area (Å²) in [6.07, 6.45) is 2.57. The van der Waals surface area contributed by atoms with E-state index in [9.17, 15) is 4.79 Å². The molecule has 1 fully saturated rings. The average molecular weight is 417 g/mol. The number of thioether (sulfide) groups is 1. The van der Waals surface area contributed by atoms with Gasteiger partial charge in [-0.05, 0) is 44.1 Å². The fourth-order valence-electron chi connectivity index (χ4n) is 3.38. The lowest BCUT2D eigenvalue weighted by atomic mass is 9.79. The van der Waals surface area contributed by atoms with Crippen LogP contribution in [0.4, 0.5) is 0 Å². The van der Waals surface area contributed by atoms with Crippen molar-refractivity contribution in [3.05, 3.63) is 18.2 Å². The number of carbonyl (C=O) groups excluding carboxylic acids is 1. The number of halogens is 1. The summed E-state index contributed by atoms with van der Waals surface area (Å²) in [5, 5.41) is 6.48. The van der Waals surface area contributed by atoms with Gasteiger partial charge in [-0.3, -0.25) is 4.79 Å². The van der Waals surface area contributed by atoms with Gasteiger partial charge in [0.25, 0.3) is 0 Å². The van der Waals surface area contributed by atoms with E-state index in [2.05, 4.69) is 10.6 Å². The summed E-state index contributed by atoms with van der Waals surface area (Å²) in [5.41, 5.74) is 0.0681. The predicted molar refractivity (Wildman–Crippen MR) is 109 cm³/mol. The van der Waals surface area contributed by atoms with Gasteiger partial charge >= 0.3 is 0 Å². The second kappa shape index (κ2) is 11.0. The summed E-state index contributed by atoms with van der Waals surface area (Å²) >= 11 is 1.66. The average Bonchev–Trinajstić information content (AvgIpc) is 2.67. The Labute approximate surface area is 171 Å². The van der Waals surface area contributed by atoms with Gasteiger partial charge in [0, 0.05) is 36.1 Å². The lowest BCUT2D eigenvalue weighted by Crippen LogP contribution is -2.47. The Morgan fingerprint density at radius 1 is 1.26 bits per heavy atom. The maximum Gasteiger partial charge on any atom is 0.220 e. The fourth-order valence-corrected chi connectivity index (χ4v) is 4.26. The van der Waals surface area contributed by atoms with Crippen molar-refractivity contribution in [1.82, 2.24) is 10.6 Å². The Morgan fingerprint density at radius 2 is 2.00 bits per heavy atom. The highest BCUT2D eigenvalue weighted by Gasteiger charge is 2.32. The third kappa shape index (κ3) is 6.45. The van der Waals surface area contributed by atoms with Gasteiger partial charge in [0.05, 0.1) is 6.61 Å². The third-order valence-corrected chi connectivity index (χ3v) is 5.88. The Morgan fingerprint density at radius 3 is 2.74 bits per heavy atom. The van der Waals surface area contributed by atoms with Crippen molar-refractivity contribution in [2.24, 2.45) is 5.41 Å². The summed E-state index contributed by atoms with van der Waals surface area (Å²) in [4.78, 5) is 13.3. The van der Waals surface area contributed by atoms with E-state index >= 15 is 0 Å². The number of hydrogen-bond donors (Lipinski definition) is 2. The Hall–Kier alpha value is -1.15. The molecule has 0 aromatic heterocycles. The lowest BCUT2D eigenvalue weighted by molar-refractivity contribution is -0.121. The Kier molecular flexibility index (Phi) is 9.02. The van der Waals surface area contributed by atoms with E-state index < -0.39 is 0 Å². The number of ether oxygens (including phenoxy) is 3. The van der Waals surface area contributed by atoms with Crippen LogP contribution in [0.5, 0.6) is 11.5 Å². The zero-order valence-electron chi connectivity index (χ0n) is 15.8. The number of methoxy groups -OCH3 is 1. The first-order chi connectivity index (χ1) is 12.7. The number of rotatable bonds is 8. The molecule has 2 N–H and O–H groups in total. The second-order valence-electron chi connectivity index (χ2n) is 6.86. The molecule has 2 aliphatic rings. The van der Waals surface area contributed by atoms with Crippen molar-refractivity contribution in [2.75, 3.05) is 52.3 Å². The molecule has 0 atom stereocenters.